The Kier molecular flexibility index (Phi) is 5.73. The van der Waals surface area contributed by atoms with E-state index in [4.69, 9.17) is 0 Å². The quantitative estimate of drug-likeness (QED) is 0.191. The predicted octanol–water partition coefficient (Wildman–Crippen LogP) is 11.9. The highest BCUT2D eigenvalue weighted by molar-refractivity contribution is 7.26. The molecule has 1 heterocycles. The standard InChI is InChI=1S/C44H32S/c1-43(2)35-18-8-10-20-37(35)44(38-21-11-9-19-36(38)43,32-26-23-30(24-27-32)29-13-4-3-5-14-29)39-22-12-17-34-41-33-16-7-6-15-31(33)25-28-40(41)45-42(34)39/h3-28H,1-2H3. The van der Waals surface area contributed by atoms with Crippen molar-refractivity contribution in [2.75, 3.05) is 0 Å². The van der Waals surface area contributed by atoms with Crippen LogP contribution in [0.5, 0.6) is 0 Å². The van der Waals surface area contributed by atoms with Crippen molar-refractivity contribution in [2.45, 2.75) is 24.7 Å². The molecule has 1 heteroatoms. The van der Waals surface area contributed by atoms with Crippen LogP contribution in [0.2, 0.25) is 0 Å². The zero-order valence-corrected chi connectivity index (χ0v) is 26.2. The van der Waals surface area contributed by atoms with Crippen LogP contribution >= 0.6 is 11.3 Å². The Morgan fingerprint density at radius 3 is 1.69 bits per heavy atom. The third-order valence-corrected chi connectivity index (χ3v) is 11.4. The van der Waals surface area contributed by atoms with Crippen molar-refractivity contribution in [3.05, 3.63) is 191 Å². The number of thiophene rings is 1. The highest BCUT2D eigenvalue weighted by Gasteiger charge is 2.49. The summed E-state index contributed by atoms with van der Waals surface area (Å²) in [5.74, 6) is 0. The zero-order chi connectivity index (χ0) is 30.2. The lowest BCUT2D eigenvalue weighted by Crippen LogP contribution is -2.41. The Hall–Kier alpha value is -4.98. The molecule has 0 radical (unpaired) electrons. The molecule has 1 aliphatic carbocycles. The molecule has 0 N–H and O–H groups in total. The molecular weight excluding hydrogens is 561 g/mol. The monoisotopic (exact) mass is 592 g/mol. The van der Waals surface area contributed by atoms with E-state index in [0.717, 1.165) is 0 Å². The SMILES string of the molecule is CC1(C)c2ccccc2C(c2ccc(-c3ccccc3)cc2)(c2cccc3c2sc2ccc4ccccc4c23)c2ccccc21. The van der Waals surface area contributed by atoms with Crippen LogP contribution in [0.25, 0.3) is 42.1 Å². The zero-order valence-electron chi connectivity index (χ0n) is 25.4. The van der Waals surface area contributed by atoms with Gasteiger partial charge in [-0.15, -0.1) is 11.3 Å². The predicted molar refractivity (Wildman–Crippen MR) is 193 cm³/mol. The maximum Gasteiger partial charge on any atom is 0.0721 e. The van der Waals surface area contributed by atoms with Crippen LogP contribution in [-0.2, 0) is 10.8 Å². The lowest BCUT2D eigenvalue weighted by molar-refractivity contribution is 0.560. The van der Waals surface area contributed by atoms with Gasteiger partial charge < -0.3 is 0 Å². The third kappa shape index (κ3) is 3.65. The van der Waals surface area contributed by atoms with Gasteiger partial charge >= 0.3 is 0 Å². The molecule has 1 aliphatic rings. The van der Waals surface area contributed by atoms with Gasteiger partial charge in [-0.3, -0.25) is 0 Å². The smallest absolute Gasteiger partial charge is 0.0721 e. The largest absolute Gasteiger partial charge is 0.135 e. The van der Waals surface area contributed by atoms with Crippen LogP contribution in [0.3, 0.4) is 0 Å². The molecule has 0 aliphatic heterocycles. The fraction of sp³-hybridized carbons (Fsp3) is 0.0909. The number of hydrogen-bond acceptors (Lipinski definition) is 1. The second-order valence-corrected chi connectivity index (χ2v) is 13.9. The molecule has 0 saturated carbocycles. The van der Waals surface area contributed by atoms with Crippen LogP contribution < -0.4 is 0 Å². The molecule has 0 bridgehead atoms. The van der Waals surface area contributed by atoms with Crippen LogP contribution in [-0.4, -0.2) is 0 Å². The summed E-state index contributed by atoms with van der Waals surface area (Å²) in [6, 6.07) is 58.9. The summed E-state index contributed by atoms with van der Waals surface area (Å²) in [5, 5.41) is 5.31. The Morgan fingerprint density at radius 2 is 0.978 bits per heavy atom. The van der Waals surface area contributed by atoms with Gasteiger partial charge in [-0.1, -0.05) is 166 Å². The summed E-state index contributed by atoms with van der Waals surface area (Å²) in [5.41, 5.74) is 10.0. The molecule has 0 atom stereocenters. The summed E-state index contributed by atoms with van der Waals surface area (Å²) in [4.78, 5) is 0. The molecule has 214 valence electrons. The second kappa shape index (κ2) is 9.76. The maximum atomic E-state index is 2.40. The van der Waals surface area contributed by atoms with Gasteiger partial charge in [0.1, 0.15) is 0 Å². The van der Waals surface area contributed by atoms with Crippen molar-refractivity contribution in [3.8, 4) is 11.1 Å². The number of rotatable bonds is 3. The van der Waals surface area contributed by atoms with Gasteiger partial charge in [0.25, 0.3) is 0 Å². The van der Waals surface area contributed by atoms with Gasteiger partial charge in [0.15, 0.2) is 0 Å². The summed E-state index contributed by atoms with van der Waals surface area (Å²) < 4.78 is 2.70. The number of benzene rings is 7. The highest BCUT2D eigenvalue weighted by atomic mass is 32.1. The van der Waals surface area contributed by atoms with Gasteiger partial charge in [-0.25, -0.2) is 0 Å². The van der Waals surface area contributed by atoms with E-state index in [2.05, 4.69) is 172 Å². The molecule has 9 rings (SSSR count). The minimum absolute atomic E-state index is 0.134. The Balaban J connectivity index is 1.44. The first-order valence-corrected chi connectivity index (χ1v) is 16.6. The van der Waals surface area contributed by atoms with E-state index in [9.17, 15) is 0 Å². The average molecular weight is 593 g/mol. The summed E-state index contributed by atoms with van der Waals surface area (Å²) in [6.07, 6.45) is 0. The molecule has 0 nitrogen and oxygen atoms in total. The van der Waals surface area contributed by atoms with Gasteiger partial charge in [-0.2, -0.15) is 0 Å². The lowest BCUT2D eigenvalue weighted by atomic mass is 9.54. The Bertz CT molecular complexity index is 2340. The van der Waals surface area contributed by atoms with E-state index < -0.39 is 5.41 Å². The van der Waals surface area contributed by atoms with Gasteiger partial charge in [0.05, 0.1) is 5.41 Å². The Labute approximate surface area is 268 Å². The molecule has 7 aromatic carbocycles. The molecule has 0 fully saturated rings. The van der Waals surface area contributed by atoms with E-state index in [0.29, 0.717) is 0 Å². The number of fused-ring (bicyclic) bond motifs is 7. The van der Waals surface area contributed by atoms with Crippen LogP contribution in [0.1, 0.15) is 47.2 Å². The summed E-state index contributed by atoms with van der Waals surface area (Å²) in [6.45, 7) is 4.78. The van der Waals surface area contributed by atoms with Crippen LogP contribution in [0.15, 0.2) is 158 Å². The van der Waals surface area contributed by atoms with Crippen molar-refractivity contribution in [1.82, 2.24) is 0 Å². The first kappa shape index (κ1) is 26.4. The topological polar surface area (TPSA) is 0 Å². The van der Waals surface area contributed by atoms with E-state index in [1.54, 1.807) is 0 Å². The number of hydrogen-bond donors (Lipinski definition) is 0. The van der Waals surface area contributed by atoms with Crippen molar-refractivity contribution in [3.63, 3.8) is 0 Å². The van der Waals surface area contributed by atoms with E-state index in [1.807, 2.05) is 11.3 Å². The molecule has 0 unspecified atom stereocenters. The molecule has 0 saturated heterocycles. The van der Waals surface area contributed by atoms with Gasteiger partial charge in [0, 0.05) is 25.6 Å². The summed E-state index contributed by atoms with van der Waals surface area (Å²) >= 11 is 1.94. The summed E-state index contributed by atoms with van der Waals surface area (Å²) in [7, 11) is 0. The fourth-order valence-electron chi connectivity index (χ4n) is 8.16. The van der Waals surface area contributed by atoms with E-state index >= 15 is 0 Å². The molecular formula is C44H32S. The Morgan fingerprint density at radius 1 is 0.422 bits per heavy atom. The molecule has 45 heavy (non-hydrogen) atoms. The average Bonchev–Trinajstić information content (AvgIpc) is 3.49. The van der Waals surface area contributed by atoms with E-state index in [-0.39, 0.29) is 5.41 Å². The lowest BCUT2D eigenvalue weighted by Gasteiger charge is -2.48. The molecule has 0 spiro atoms. The van der Waals surface area contributed by atoms with Gasteiger partial charge in [0.2, 0.25) is 0 Å². The van der Waals surface area contributed by atoms with Crippen molar-refractivity contribution in [1.29, 1.82) is 0 Å². The first-order valence-electron chi connectivity index (χ1n) is 15.8. The van der Waals surface area contributed by atoms with Crippen molar-refractivity contribution >= 4 is 42.3 Å². The minimum Gasteiger partial charge on any atom is -0.135 e. The van der Waals surface area contributed by atoms with Crippen molar-refractivity contribution in [2.24, 2.45) is 0 Å². The molecule has 0 amide bonds. The van der Waals surface area contributed by atoms with Gasteiger partial charge in [-0.05, 0) is 61.3 Å². The van der Waals surface area contributed by atoms with Crippen LogP contribution in [0, 0.1) is 0 Å². The molecule has 1 aromatic heterocycles. The van der Waals surface area contributed by atoms with E-state index in [1.165, 1.54) is 75.5 Å². The highest BCUT2D eigenvalue weighted by Crippen LogP contribution is 2.58. The fourth-order valence-corrected chi connectivity index (χ4v) is 9.45. The second-order valence-electron chi connectivity index (χ2n) is 12.9. The minimum atomic E-state index is -0.492. The first-order chi connectivity index (χ1) is 22.1. The third-order valence-electron chi connectivity index (χ3n) is 10.2. The maximum absolute atomic E-state index is 2.40. The van der Waals surface area contributed by atoms with Crippen LogP contribution in [0.4, 0.5) is 0 Å². The molecule has 8 aromatic rings. The van der Waals surface area contributed by atoms with Crippen molar-refractivity contribution < 1.29 is 0 Å². The normalized spacial score (nSPS) is 14.8.